The first-order valence-electron chi connectivity index (χ1n) is 7.00. The zero-order chi connectivity index (χ0) is 13.0. The van der Waals surface area contributed by atoms with Gasteiger partial charge >= 0.3 is 0 Å². The van der Waals surface area contributed by atoms with Crippen LogP contribution in [-0.2, 0) is 4.74 Å². The number of rotatable bonds is 5. The Labute approximate surface area is 114 Å². The van der Waals surface area contributed by atoms with Crippen LogP contribution in [0.3, 0.4) is 0 Å². The molecule has 1 aliphatic heterocycles. The van der Waals surface area contributed by atoms with Gasteiger partial charge in [0.05, 0.1) is 10.7 Å². The number of thiazole rings is 1. The normalized spacial score (nSPS) is 19.1. The molecule has 0 aliphatic carbocycles. The molecule has 0 spiro atoms. The first kappa shape index (κ1) is 14.0. The maximum Gasteiger partial charge on any atom is 0.0964 e. The molecule has 1 fully saturated rings. The number of nitrogens with one attached hydrogen (secondary N) is 1. The lowest BCUT2D eigenvalue weighted by molar-refractivity contribution is 0.0852. The van der Waals surface area contributed by atoms with Crippen molar-refractivity contribution in [3.8, 4) is 0 Å². The number of aromatic nitrogens is 1. The number of nitrogens with zero attached hydrogens (tertiary/aromatic N) is 1. The standard InChI is InChI=1S/C14H24N2OS/c1-4-7-15-10(2)13-11(3)16-14(18-13)12-5-8-17-9-6-12/h10,12,15H,4-9H2,1-3H3. The molecule has 0 radical (unpaired) electrons. The molecule has 0 amide bonds. The van der Waals surface area contributed by atoms with Gasteiger partial charge in [-0.2, -0.15) is 0 Å². The molecule has 3 nitrogen and oxygen atoms in total. The van der Waals surface area contributed by atoms with Gasteiger partial charge in [0.25, 0.3) is 0 Å². The van der Waals surface area contributed by atoms with Crippen molar-refractivity contribution in [1.29, 1.82) is 0 Å². The van der Waals surface area contributed by atoms with Gasteiger partial charge in [-0.15, -0.1) is 11.3 Å². The van der Waals surface area contributed by atoms with E-state index in [1.807, 2.05) is 11.3 Å². The van der Waals surface area contributed by atoms with Crippen molar-refractivity contribution < 1.29 is 4.74 Å². The average Bonchev–Trinajstić information content (AvgIpc) is 2.79. The van der Waals surface area contributed by atoms with E-state index in [1.54, 1.807) is 0 Å². The molecule has 1 saturated heterocycles. The highest BCUT2D eigenvalue weighted by molar-refractivity contribution is 7.11. The van der Waals surface area contributed by atoms with Crippen LogP contribution in [0.5, 0.6) is 0 Å². The van der Waals surface area contributed by atoms with E-state index in [1.165, 1.54) is 22.0 Å². The van der Waals surface area contributed by atoms with Crippen molar-refractivity contribution in [3.05, 3.63) is 15.6 Å². The Hall–Kier alpha value is -0.450. The third kappa shape index (κ3) is 3.31. The zero-order valence-corrected chi connectivity index (χ0v) is 12.5. The summed E-state index contributed by atoms with van der Waals surface area (Å²) in [5.74, 6) is 0.620. The lowest BCUT2D eigenvalue weighted by atomic mass is 10.0. The Morgan fingerprint density at radius 2 is 2.17 bits per heavy atom. The molecule has 2 rings (SSSR count). The molecule has 0 saturated carbocycles. The van der Waals surface area contributed by atoms with Gasteiger partial charge in [-0.1, -0.05) is 6.92 Å². The Kier molecular flexibility index (Phi) is 5.15. The Balaban J connectivity index is 2.05. The van der Waals surface area contributed by atoms with Gasteiger partial charge in [0.2, 0.25) is 0 Å². The molecule has 2 heterocycles. The minimum absolute atomic E-state index is 0.427. The van der Waals surface area contributed by atoms with E-state index in [0.717, 1.165) is 32.6 Å². The summed E-state index contributed by atoms with van der Waals surface area (Å²) in [5.41, 5.74) is 1.21. The summed E-state index contributed by atoms with van der Waals surface area (Å²) < 4.78 is 5.42. The summed E-state index contributed by atoms with van der Waals surface area (Å²) in [6.07, 6.45) is 3.43. The van der Waals surface area contributed by atoms with E-state index in [4.69, 9.17) is 9.72 Å². The van der Waals surface area contributed by atoms with Crippen LogP contribution in [0.25, 0.3) is 0 Å². The third-order valence-electron chi connectivity index (χ3n) is 3.51. The fraction of sp³-hybridized carbons (Fsp3) is 0.786. The summed E-state index contributed by atoms with van der Waals surface area (Å²) in [6, 6.07) is 0.427. The molecule has 0 aromatic carbocycles. The highest BCUT2D eigenvalue weighted by Gasteiger charge is 2.22. The van der Waals surface area contributed by atoms with E-state index in [2.05, 4.69) is 26.1 Å². The van der Waals surface area contributed by atoms with E-state index in [0.29, 0.717) is 12.0 Å². The summed E-state index contributed by atoms with van der Waals surface area (Å²) in [6.45, 7) is 9.44. The molecule has 4 heteroatoms. The molecule has 1 N–H and O–H groups in total. The van der Waals surface area contributed by atoms with Crippen LogP contribution in [0.15, 0.2) is 0 Å². The molecule has 102 valence electrons. The maximum atomic E-state index is 5.42. The number of hydrogen-bond acceptors (Lipinski definition) is 4. The predicted octanol–water partition coefficient (Wildman–Crippen LogP) is 3.41. The Bertz CT molecular complexity index is 372. The van der Waals surface area contributed by atoms with Gasteiger partial charge in [-0.25, -0.2) is 4.98 Å². The molecule has 1 aliphatic rings. The number of ether oxygens (including phenoxy) is 1. The Morgan fingerprint density at radius 1 is 1.44 bits per heavy atom. The average molecular weight is 268 g/mol. The van der Waals surface area contributed by atoms with Crippen LogP contribution in [-0.4, -0.2) is 24.7 Å². The largest absolute Gasteiger partial charge is 0.381 e. The molecule has 1 aromatic rings. The zero-order valence-electron chi connectivity index (χ0n) is 11.7. The van der Waals surface area contributed by atoms with Gasteiger partial charge in [-0.3, -0.25) is 0 Å². The van der Waals surface area contributed by atoms with Gasteiger partial charge < -0.3 is 10.1 Å². The molecule has 1 aromatic heterocycles. The second kappa shape index (κ2) is 6.64. The smallest absolute Gasteiger partial charge is 0.0964 e. The van der Waals surface area contributed by atoms with Crippen LogP contribution < -0.4 is 5.32 Å². The Morgan fingerprint density at radius 3 is 2.83 bits per heavy atom. The minimum atomic E-state index is 0.427. The summed E-state index contributed by atoms with van der Waals surface area (Å²) in [5, 5.41) is 4.87. The van der Waals surface area contributed by atoms with Crippen LogP contribution in [0, 0.1) is 6.92 Å². The van der Waals surface area contributed by atoms with Gasteiger partial charge in [-0.05, 0) is 39.7 Å². The van der Waals surface area contributed by atoms with Crippen LogP contribution >= 0.6 is 11.3 Å². The first-order chi connectivity index (χ1) is 8.72. The van der Waals surface area contributed by atoms with Crippen molar-refractivity contribution in [3.63, 3.8) is 0 Å². The van der Waals surface area contributed by atoms with Crippen molar-refractivity contribution in [2.45, 2.75) is 52.0 Å². The van der Waals surface area contributed by atoms with E-state index in [-0.39, 0.29) is 0 Å². The topological polar surface area (TPSA) is 34.1 Å². The molecular weight excluding hydrogens is 244 g/mol. The fourth-order valence-corrected chi connectivity index (χ4v) is 3.67. The van der Waals surface area contributed by atoms with Crippen molar-refractivity contribution >= 4 is 11.3 Å². The van der Waals surface area contributed by atoms with Gasteiger partial charge in [0, 0.05) is 30.1 Å². The first-order valence-corrected chi connectivity index (χ1v) is 7.82. The van der Waals surface area contributed by atoms with Gasteiger partial charge in [0.15, 0.2) is 0 Å². The van der Waals surface area contributed by atoms with Gasteiger partial charge in [0.1, 0.15) is 0 Å². The molecular formula is C14H24N2OS. The second-order valence-corrected chi connectivity index (χ2v) is 6.13. The van der Waals surface area contributed by atoms with E-state index < -0.39 is 0 Å². The second-order valence-electron chi connectivity index (χ2n) is 5.06. The monoisotopic (exact) mass is 268 g/mol. The molecule has 1 atom stereocenters. The highest BCUT2D eigenvalue weighted by Crippen LogP contribution is 2.34. The minimum Gasteiger partial charge on any atom is -0.381 e. The van der Waals surface area contributed by atoms with Crippen LogP contribution in [0.4, 0.5) is 0 Å². The number of hydrogen-bond donors (Lipinski definition) is 1. The summed E-state index contributed by atoms with van der Waals surface area (Å²) in [7, 11) is 0. The molecule has 1 unspecified atom stereocenters. The number of aryl methyl sites for hydroxylation is 1. The van der Waals surface area contributed by atoms with E-state index in [9.17, 15) is 0 Å². The quantitative estimate of drug-likeness (QED) is 0.888. The SMILES string of the molecule is CCCNC(C)c1sc(C2CCOCC2)nc1C. The third-order valence-corrected chi connectivity index (χ3v) is 5.02. The van der Waals surface area contributed by atoms with E-state index >= 15 is 0 Å². The molecule has 0 bridgehead atoms. The van der Waals surface area contributed by atoms with Crippen molar-refractivity contribution in [2.24, 2.45) is 0 Å². The van der Waals surface area contributed by atoms with Crippen molar-refractivity contribution in [1.82, 2.24) is 10.3 Å². The van der Waals surface area contributed by atoms with Crippen molar-refractivity contribution in [2.75, 3.05) is 19.8 Å². The van der Waals surface area contributed by atoms with Crippen LogP contribution in [0.1, 0.15) is 60.6 Å². The molecule has 18 heavy (non-hydrogen) atoms. The maximum absolute atomic E-state index is 5.42. The lowest BCUT2D eigenvalue weighted by Crippen LogP contribution is -2.18. The fourth-order valence-electron chi connectivity index (χ4n) is 2.40. The summed E-state index contributed by atoms with van der Waals surface area (Å²) >= 11 is 1.90. The summed E-state index contributed by atoms with van der Waals surface area (Å²) in [4.78, 5) is 6.19. The predicted molar refractivity (Wildman–Crippen MR) is 76.4 cm³/mol. The van der Waals surface area contributed by atoms with Crippen LogP contribution in [0.2, 0.25) is 0 Å². The highest BCUT2D eigenvalue weighted by atomic mass is 32.1. The lowest BCUT2D eigenvalue weighted by Gasteiger charge is -2.19.